The number of carbonyl (C=O) groups excluding carboxylic acids is 1. The van der Waals surface area contributed by atoms with Crippen LogP contribution in [0.15, 0.2) is 66.2 Å². The second kappa shape index (κ2) is 10.3. The van der Waals surface area contributed by atoms with Crippen molar-refractivity contribution >= 4 is 44.0 Å². The number of H-pyrrole nitrogens is 2. The van der Waals surface area contributed by atoms with Crippen molar-refractivity contribution < 1.29 is 35.2 Å². The van der Waals surface area contributed by atoms with Gasteiger partial charge in [-0.3, -0.25) is 14.6 Å². The maximum Gasteiger partial charge on any atom is 0.416 e. The third kappa shape index (κ3) is 5.08. The summed E-state index contributed by atoms with van der Waals surface area (Å²) in [5.41, 5.74) is -2.37. The number of nitrogens with zero attached hydrogens (tertiary/aromatic N) is 4. The van der Waals surface area contributed by atoms with Gasteiger partial charge >= 0.3 is 6.18 Å². The summed E-state index contributed by atoms with van der Waals surface area (Å²) in [6.07, 6.45) is 0.831. The van der Waals surface area contributed by atoms with Gasteiger partial charge in [0.15, 0.2) is 5.82 Å². The van der Waals surface area contributed by atoms with Gasteiger partial charge in [0, 0.05) is 18.9 Å². The highest BCUT2D eigenvalue weighted by molar-refractivity contribution is 7.92. The quantitative estimate of drug-likeness (QED) is 0.167. The van der Waals surface area contributed by atoms with Crippen LogP contribution < -0.4 is 9.62 Å². The predicted molar refractivity (Wildman–Crippen MR) is 137 cm³/mol. The predicted octanol–water partition coefficient (Wildman–Crippen LogP) is 5.17. The molecule has 0 radical (unpaired) electrons. The first kappa shape index (κ1) is 27.7. The van der Waals surface area contributed by atoms with Crippen molar-refractivity contribution in [3.05, 3.63) is 89.6 Å². The molecule has 3 aromatic heterocycles. The Morgan fingerprint density at radius 3 is 2.41 bits per heavy atom. The fraction of sp³-hybridized carbons (Fsp3) is 0.120. The Kier molecular flexibility index (Phi) is 6.94. The molecule has 0 aliphatic heterocycles. The van der Waals surface area contributed by atoms with Crippen molar-refractivity contribution in [1.29, 1.82) is 0 Å². The number of hydrogen-bond donors (Lipinski definition) is 3. The molecular weight excluding hydrogens is 573 g/mol. The highest BCUT2D eigenvalue weighted by Crippen LogP contribution is 2.34. The third-order valence-corrected chi connectivity index (χ3v) is 7.50. The molecule has 0 saturated carbocycles. The van der Waals surface area contributed by atoms with E-state index >= 15 is 4.39 Å². The molecule has 3 heterocycles. The SMILES string of the molecule is CCN(c1cn[nH]c1)c1ncnc2[nH]cc(C(=O)c3c(F)ccc(NS(=O)(=O)c4ccc(C(F)(F)F)cc4)c3F)c12. The zero-order valence-electron chi connectivity index (χ0n) is 20.8. The Morgan fingerprint density at radius 2 is 1.78 bits per heavy atom. The second-order valence-electron chi connectivity index (χ2n) is 8.56. The third-order valence-electron chi connectivity index (χ3n) is 6.12. The number of aromatic amines is 2. The summed E-state index contributed by atoms with van der Waals surface area (Å²) >= 11 is 0. The van der Waals surface area contributed by atoms with E-state index < -0.39 is 55.3 Å². The number of aromatic nitrogens is 5. The van der Waals surface area contributed by atoms with Crippen LogP contribution in [0.25, 0.3) is 11.0 Å². The van der Waals surface area contributed by atoms with E-state index in [9.17, 15) is 30.8 Å². The lowest BCUT2D eigenvalue weighted by atomic mass is 10.0. The number of ketones is 1. The molecule has 212 valence electrons. The summed E-state index contributed by atoms with van der Waals surface area (Å²) in [4.78, 5) is 25.7. The molecule has 0 amide bonds. The molecule has 0 aliphatic rings. The molecule has 3 N–H and O–H groups in total. The number of fused-ring (bicyclic) bond motifs is 1. The van der Waals surface area contributed by atoms with E-state index in [0.717, 1.165) is 6.07 Å². The molecule has 0 aliphatic carbocycles. The summed E-state index contributed by atoms with van der Waals surface area (Å²) in [6, 6.07) is 3.91. The largest absolute Gasteiger partial charge is 0.416 e. The summed E-state index contributed by atoms with van der Waals surface area (Å²) in [6.45, 7) is 2.18. The van der Waals surface area contributed by atoms with E-state index in [1.807, 2.05) is 4.72 Å². The number of anilines is 3. The van der Waals surface area contributed by atoms with Crippen LogP contribution >= 0.6 is 0 Å². The maximum atomic E-state index is 15.6. The number of alkyl halides is 3. The number of nitrogens with one attached hydrogen (secondary N) is 3. The van der Waals surface area contributed by atoms with Crippen LogP contribution in [0.1, 0.15) is 28.4 Å². The van der Waals surface area contributed by atoms with Crippen LogP contribution in [0, 0.1) is 11.6 Å². The fourth-order valence-corrected chi connectivity index (χ4v) is 5.24. The van der Waals surface area contributed by atoms with Crippen molar-refractivity contribution in [2.45, 2.75) is 18.0 Å². The number of halogens is 5. The van der Waals surface area contributed by atoms with Crippen LogP contribution in [0.3, 0.4) is 0 Å². The summed E-state index contributed by atoms with van der Waals surface area (Å²) in [7, 11) is -4.62. The van der Waals surface area contributed by atoms with Crippen molar-refractivity contribution in [2.24, 2.45) is 0 Å². The molecule has 10 nitrogen and oxygen atoms in total. The number of carbonyl (C=O) groups is 1. The zero-order valence-corrected chi connectivity index (χ0v) is 21.6. The van der Waals surface area contributed by atoms with Crippen LogP contribution in [-0.2, 0) is 16.2 Å². The van der Waals surface area contributed by atoms with Crippen molar-refractivity contribution in [3.8, 4) is 0 Å². The van der Waals surface area contributed by atoms with E-state index in [1.54, 1.807) is 18.0 Å². The molecular formula is C25H18F5N7O3S. The Morgan fingerprint density at radius 1 is 1.05 bits per heavy atom. The molecule has 41 heavy (non-hydrogen) atoms. The van der Waals surface area contributed by atoms with Gasteiger partial charge in [-0.1, -0.05) is 0 Å². The lowest BCUT2D eigenvalue weighted by Gasteiger charge is -2.21. The van der Waals surface area contributed by atoms with Crippen molar-refractivity contribution in [1.82, 2.24) is 25.1 Å². The van der Waals surface area contributed by atoms with Crippen molar-refractivity contribution in [2.75, 3.05) is 16.2 Å². The topological polar surface area (TPSA) is 137 Å². The summed E-state index contributed by atoms with van der Waals surface area (Å²) in [5.74, 6) is -3.70. The Balaban J connectivity index is 1.54. The van der Waals surface area contributed by atoms with Gasteiger partial charge in [0.2, 0.25) is 5.78 Å². The fourth-order valence-electron chi connectivity index (χ4n) is 4.18. The average molecular weight is 592 g/mol. The van der Waals surface area contributed by atoms with Gasteiger partial charge in [-0.2, -0.15) is 18.3 Å². The standard InChI is InChI=1S/C25H18F5N7O3S/c1-2-37(14-9-34-35-10-14)24-19-16(11-31-23(19)32-12-33-24)22(38)20-17(26)7-8-18(21(20)27)36-41(39,40)15-5-3-13(4-6-15)25(28,29)30/h3-12,36H,2H2,1H3,(H,34,35)(H,31,32,33). The molecule has 0 saturated heterocycles. The minimum atomic E-state index is -4.70. The van der Waals surface area contributed by atoms with Crippen LogP contribution in [0.4, 0.5) is 39.1 Å². The minimum absolute atomic E-state index is 0.148. The molecule has 5 aromatic rings. The van der Waals surface area contributed by atoms with E-state index in [-0.39, 0.29) is 22.4 Å². The Bertz CT molecular complexity index is 1860. The first-order valence-corrected chi connectivity index (χ1v) is 13.2. The van der Waals surface area contributed by atoms with Gasteiger partial charge in [0.25, 0.3) is 10.0 Å². The van der Waals surface area contributed by atoms with Gasteiger partial charge in [0.05, 0.1) is 44.5 Å². The van der Waals surface area contributed by atoms with E-state index in [2.05, 4.69) is 25.1 Å². The smallest absolute Gasteiger partial charge is 0.345 e. The minimum Gasteiger partial charge on any atom is -0.345 e. The Hall–Kier alpha value is -4.86. The summed E-state index contributed by atoms with van der Waals surface area (Å²) in [5, 5.41) is 6.71. The Labute approximate surface area is 228 Å². The number of benzene rings is 2. The van der Waals surface area contributed by atoms with E-state index in [0.29, 0.717) is 42.6 Å². The summed E-state index contributed by atoms with van der Waals surface area (Å²) < 4.78 is 96.5. The zero-order chi connectivity index (χ0) is 29.5. The van der Waals surface area contributed by atoms with Gasteiger partial charge in [-0.25, -0.2) is 27.2 Å². The normalized spacial score (nSPS) is 12.0. The number of hydrogen-bond acceptors (Lipinski definition) is 7. The maximum absolute atomic E-state index is 15.6. The highest BCUT2D eigenvalue weighted by Gasteiger charge is 2.31. The lowest BCUT2D eigenvalue weighted by molar-refractivity contribution is -0.137. The molecule has 0 bridgehead atoms. The van der Waals surface area contributed by atoms with Gasteiger partial charge in [-0.15, -0.1) is 0 Å². The lowest BCUT2D eigenvalue weighted by Crippen LogP contribution is -2.18. The van der Waals surface area contributed by atoms with Crippen molar-refractivity contribution in [3.63, 3.8) is 0 Å². The van der Waals surface area contributed by atoms with Gasteiger partial charge in [0.1, 0.15) is 23.6 Å². The van der Waals surface area contributed by atoms with Crippen LogP contribution in [0.2, 0.25) is 0 Å². The molecule has 0 unspecified atom stereocenters. The average Bonchev–Trinajstić information content (AvgIpc) is 3.61. The second-order valence-corrected chi connectivity index (χ2v) is 10.2. The molecule has 0 atom stereocenters. The first-order valence-electron chi connectivity index (χ1n) is 11.7. The molecule has 0 spiro atoms. The first-order chi connectivity index (χ1) is 19.4. The van der Waals surface area contributed by atoms with Gasteiger partial charge < -0.3 is 9.88 Å². The number of rotatable bonds is 8. The molecule has 5 rings (SSSR count). The monoisotopic (exact) mass is 591 g/mol. The van der Waals surface area contributed by atoms with Gasteiger partial charge in [-0.05, 0) is 43.3 Å². The van der Waals surface area contributed by atoms with Crippen LogP contribution in [-0.4, -0.2) is 45.9 Å². The molecule has 2 aromatic carbocycles. The van der Waals surface area contributed by atoms with Crippen LogP contribution in [0.5, 0.6) is 0 Å². The molecule has 16 heteroatoms. The number of sulfonamides is 1. The molecule has 0 fully saturated rings. The van der Waals surface area contributed by atoms with E-state index in [4.69, 9.17) is 0 Å². The highest BCUT2D eigenvalue weighted by atomic mass is 32.2. The van der Waals surface area contributed by atoms with E-state index in [1.165, 1.54) is 18.7 Å².